The molecule has 0 aromatic carbocycles. The zero-order valence-corrected chi connectivity index (χ0v) is 8.49. The molecule has 0 aromatic heterocycles. The van der Waals surface area contributed by atoms with Crippen molar-refractivity contribution in [2.24, 2.45) is 5.41 Å². The summed E-state index contributed by atoms with van der Waals surface area (Å²) < 4.78 is 10.6. The predicted molar refractivity (Wildman–Crippen MR) is 51.8 cm³/mol. The number of carbonyl (C=O) groups is 1. The van der Waals surface area contributed by atoms with Gasteiger partial charge >= 0.3 is 5.97 Å². The maximum atomic E-state index is 11.7. The first-order valence-electron chi connectivity index (χ1n) is 5.09. The zero-order valence-electron chi connectivity index (χ0n) is 8.49. The summed E-state index contributed by atoms with van der Waals surface area (Å²) in [4.78, 5) is 11.7. The molecule has 2 fully saturated rings. The molecule has 14 heavy (non-hydrogen) atoms. The van der Waals surface area contributed by atoms with Gasteiger partial charge in [0.05, 0.1) is 24.7 Å². The Kier molecular flexibility index (Phi) is 2.35. The zero-order chi connectivity index (χ0) is 10.2. The predicted octanol–water partition coefficient (Wildman–Crippen LogP) is 1.67. The third kappa shape index (κ3) is 1.19. The van der Waals surface area contributed by atoms with Crippen molar-refractivity contribution in [3.63, 3.8) is 0 Å². The molecule has 0 N–H and O–H groups in total. The number of fused-ring (bicyclic) bond motifs is 1. The highest BCUT2D eigenvalue weighted by molar-refractivity contribution is 5.78. The van der Waals surface area contributed by atoms with Crippen LogP contribution in [0.2, 0.25) is 0 Å². The largest absolute Gasteiger partial charge is 0.469 e. The molecule has 2 rings (SSSR count). The quantitative estimate of drug-likeness (QED) is 0.498. The van der Waals surface area contributed by atoms with Crippen LogP contribution in [0.15, 0.2) is 12.7 Å². The van der Waals surface area contributed by atoms with Gasteiger partial charge in [-0.2, -0.15) is 0 Å². The van der Waals surface area contributed by atoms with Gasteiger partial charge in [0.1, 0.15) is 0 Å². The molecule has 3 heteroatoms. The van der Waals surface area contributed by atoms with Crippen LogP contribution in [0.25, 0.3) is 0 Å². The molecule has 0 radical (unpaired) electrons. The monoisotopic (exact) mass is 196 g/mol. The lowest BCUT2D eigenvalue weighted by Gasteiger charge is -2.23. The lowest BCUT2D eigenvalue weighted by Crippen LogP contribution is -2.35. The third-order valence-corrected chi connectivity index (χ3v) is 3.46. The molecular weight excluding hydrogens is 180 g/mol. The number of esters is 1. The minimum Gasteiger partial charge on any atom is -0.469 e. The topological polar surface area (TPSA) is 35.5 Å². The summed E-state index contributed by atoms with van der Waals surface area (Å²) in [5, 5.41) is 0. The molecule has 1 saturated heterocycles. The number of carbonyl (C=O) groups excluding carboxylic acids is 1. The summed E-state index contributed by atoms with van der Waals surface area (Å²) >= 11 is 0. The van der Waals surface area contributed by atoms with E-state index in [9.17, 15) is 4.79 Å². The lowest BCUT2D eigenvalue weighted by molar-refractivity contribution is -0.154. The summed E-state index contributed by atoms with van der Waals surface area (Å²) in [6.45, 7) is 3.71. The van der Waals surface area contributed by atoms with Crippen molar-refractivity contribution in [1.29, 1.82) is 0 Å². The molecule has 3 nitrogen and oxygen atoms in total. The number of hydrogen-bond donors (Lipinski definition) is 0. The summed E-state index contributed by atoms with van der Waals surface area (Å²) in [6.07, 6.45) is 5.53. The van der Waals surface area contributed by atoms with E-state index in [0.29, 0.717) is 0 Å². The Morgan fingerprint density at radius 3 is 3.14 bits per heavy atom. The fourth-order valence-electron chi connectivity index (χ4n) is 2.75. The summed E-state index contributed by atoms with van der Waals surface area (Å²) in [5.41, 5.74) is -0.367. The average molecular weight is 196 g/mol. The Morgan fingerprint density at radius 1 is 1.71 bits per heavy atom. The molecule has 0 unspecified atom stereocenters. The highest BCUT2D eigenvalue weighted by Gasteiger charge is 2.56. The van der Waals surface area contributed by atoms with Gasteiger partial charge < -0.3 is 9.47 Å². The fraction of sp³-hybridized carbons (Fsp3) is 0.727. The minimum absolute atomic E-state index is 0.0272. The van der Waals surface area contributed by atoms with Crippen molar-refractivity contribution < 1.29 is 14.3 Å². The van der Waals surface area contributed by atoms with Crippen molar-refractivity contribution in [2.75, 3.05) is 7.11 Å². The first kappa shape index (κ1) is 9.71. The second-order valence-corrected chi connectivity index (χ2v) is 4.14. The van der Waals surface area contributed by atoms with E-state index in [0.717, 1.165) is 25.7 Å². The normalized spacial score (nSPS) is 40.6. The molecule has 0 spiro atoms. The highest BCUT2D eigenvalue weighted by Crippen LogP contribution is 2.50. The van der Waals surface area contributed by atoms with Crippen molar-refractivity contribution in [2.45, 2.75) is 37.9 Å². The Balaban J connectivity index is 2.22. The Labute approximate surface area is 84.1 Å². The SMILES string of the molecule is C=C[C@H]1C[C@]2(C(=O)OC)CCC[C@@H]2O1. The molecule has 1 saturated carbocycles. The smallest absolute Gasteiger partial charge is 0.314 e. The van der Waals surface area contributed by atoms with Crippen LogP contribution in [0.3, 0.4) is 0 Å². The fourth-order valence-corrected chi connectivity index (χ4v) is 2.75. The second kappa shape index (κ2) is 3.39. The van der Waals surface area contributed by atoms with E-state index in [1.54, 1.807) is 6.08 Å². The first-order valence-corrected chi connectivity index (χ1v) is 5.09. The summed E-state index contributed by atoms with van der Waals surface area (Å²) in [7, 11) is 1.45. The van der Waals surface area contributed by atoms with Crippen LogP contribution in [0.5, 0.6) is 0 Å². The molecule has 0 amide bonds. The van der Waals surface area contributed by atoms with E-state index in [2.05, 4.69) is 6.58 Å². The van der Waals surface area contributed by atoms with Crippen molar-refractivity contribution >= 4 is 5.97 Å². The third-order valence-electron chi connectivity index (χ3n) is 3.46. The lowest BCUT2D eigenvalue weighted by atomic mass is 9.81. The van der Waals surface area contributed by atoms with Gasteiger partial charge in [-0.05, 0) is 25.7 Å². The van der Waals surface area contributed by atoms with Crippen LogP contribution in [-0.4, -0.2) is 25.3 Å². The Morgan fingerprint density at radius 2 is 2.50 bits per heavy atom. The van der Waals surface area contributed by atoms with E-state index in [1.807, 2.05) is 0 Å². The van der Waals surface area contributed by atoms with Crippen LogP contribution < -0.4 is 0 Å². The van der Waals surface area contributed by atoms with Crippen LogP contribution in [0.4, 0.5) is 0 Å². The van der Waals surface area contributed by atoms with E-state index in [-0.39, 0.29) is 23.6 Å². The molecule has 0 aromatic rings. The average Bonchev–Trinajstić information content (AvgIpc) is 2.72. The number of methoxy groups -OCH3 is 1. The van der Waals surface area contributed by atoms with Gasteiger partial charge in [0, 0.05) is 0 Å². The molecule has 78 valence electrons. The Bertz CT molecular complexity index is 261. The minimum atomic E-state index is -0.367. The Hall–Kier alpha value is -0.830. The maximum absolute atomic E-state index is 11.7. The van der Waals surface area contributed by atoms with Crippen LogP contribution in [-0.2, 0) is 14.3 Å². The van der Waals surface area contributed by atoms with E-state index >= 15 is 0 Å². The van der Waals surface area contributed by atoms with Crippen LogP contribution in [0, 0.1) is 5.41 Å². The first-order chi connectivity index (χ1) is 6.73. The standard InChI is InChI=1S/C11H16O3/c1-3-8-7-11(10(12)13-2)6-4-5-9(11)14-8/h3,8-9H,1,4-7H2,2H3/t8-,9-,11+/m0/s1. The molecule has 0 bridgehead atoms. The molecule has 1 aliphatic carbocycles. The highest BCUT2D eigenvalue weighted by atomic mass is 16.5. The number of hydrogen-bond acceptors (Lipinski definition) is 3. The van der Waals surface area contributed by atoms with E-state index in [4.69, 9.17) is 9.47 Å². The van der Waals surface area contributed by atoms with E-state index in [1.165, 1.54) is 7.11 Å². The number of rotatable bonds is 2. The van der Waals surface area contributed by atoms with Gasteiger partial charge in [0.25, 0.3) is 0 Å². The van der Waals surface area contributed by atoms with Gasteiger partial charge in [0.2, 0.25) is 0 Å². The van der Waals surface area contributed by atoms with Gasteiger partial charge in [-0.3, -0.25) is 4.79 Å². The van der Waals surface area contributed by atoms with Crippen molar-refractivity contribution in [3.05, 3.63) is 12.7 Å². The second-order valence-electron chi connectivity index (χ2n) is 4.14. The van der Waals surface area contributed by atoms with Crippen molar-refractivity contribution in [1.82, 2.24) is 0 Å². The van der Waals surface area contributed by atoms with Gasteiger partial charge in [-0.1, -0.05) is 6.08 Å². The molecule has 3 atom stereocenters. The number of ether oxygens (including phenoxy) is 2. The van der Waals surface area contributed by atoms with Gasteiger partial charge in [-0.25, -0.2) is 0 Å². The molecule has 1 heterocycles. The maximum Gasteiger partial charge on any atom is 0.314 e. The molecule has 1 aliphatic heterocycles. The molecular formula is C11H16O3. The van der Waals surface area contributed by atoms with Crippen molar-refractivity contribution in [3.8, 4) is 0 Å². The summed E-state index contributed by atoms with van der Waals surface area (Å²) in [6, 6.07) is 0. The van der Waals surface area contributed by atoms with Crippen LogP contribution >= 0.6 is 0 Å². The van der Waals surface area contributed by atoms with E-state index < -0.39 is 0 Å². The van der Waals surface area contributed by atoms with Gasteiger partial charge in [0.15, 0.2) is 0 Å². The van der Waals surface area contributed by atoms with Crippen LogP contribution in [0.1, 0.15) is 25.7 Å². The molecule has 2 aliphatic rings. The van der Waals surface area contributed by atoms with Gasteiger partial charge in [-0.15, -0.1) is 6.58 Å². The summed E-state index contributed by atoms with van der Waals surface area (Å²) in [5.74, 6) is -0.107.